The van der Waals surface area contributed by atoms with Crippen LogP contribution in [0.5, 0.6) is 0 Å². The number of rotatable bonds is 8. The molecular weight excluding hydrogens is 246 g/mol. The summed E-state index contributed by atoms with van der Waals surface area (Å²) >= 11 is 9.53. The average Bonchev–Trinajstić information content (AvgIpc) is 2.63. The lowest BCUT2D eigenvalue weighted by Gasteiger charge is -2.02. The molecule has 0 bridgehead atoms. The normalized spacial score (nSPS) is 10.8. The van der Waals surface area contributed by atoms with Gasteiger partial charge in [-0.15, -0.1) is 11.3 Å². The van der Waals surface area contributed by atoms with Gasteiger partial charge in [0.25, 0.3) is 0 Å². The summed E-state index contributed by atoms with van der Waals surface area (Å²) in [6.07, 6.45) is 2.64. The lowest BCUT2D eigenvalue weighted by Crippen LogP contribution is -2.15. The summed E-state index contributed by atoms with van der Waals surface area (Å²) in [5.41, 5.74) is 0. The smallest absolute Gasteiger partial charge is 0.0931 e. The molecule has 86 valence electrons. The third-order valence-electron chi connectivity index (χ3n) is 1.99. The Hall–Kier alpha value is 0.300. The lowest BCUT2D eigenvalue weighted by molar-refractivity contribution is 0.740. The van der Waals surface area contributed by atoms with Crippen LogP contribution in [0.25, 0.3) is 0 Å². The maximum absolute atomic E-state index is 5.84. The van der Waals surface area contributed by atoms with Crippen molar-refractivity contribution in [3.05, 3.63) is 21.3 Å². The fourth-order valence-corrected chi connectivity index (χ4v) is 3.19. The minimum atomic E-state index is 0.879. The molecule has 1 aromatic heterocycles. The van der Waals surface area contributed by atoms with Crippen molar-refractivity contribution >= 4 is 34.7 Å². The Labute approximate surface area is 106 Å². The van der Waals surface area contributed by atoms with Gasteiger partial charge in [0, 0.05) is 23.7 Å². The molecular formula is C11H18ClNS2. The Morgan fingerprint density at radius 3 is 2.93 bits per heavy atom. The molecule has 1 N–H and O–H groups in total. The molecule has 1 aromatic rings. The van der Waals surface area contributed by atoms with E-state index in [0.717, 1.165) is 17.4 Å². The Bertz CT molecular complexity index is 263. The van der Waals surface area contributed by atoms with Gasteiger partial charge in [0.15, 0.2) is 0 Å². The summed E-state index contributed by atoms with van der Waals surface area (Å²) in [5, 5.41) is 3.42. The Balaban J connectivity index is 1.93. The van der Waals surface area contributed by atoms with Gasteiger partial charge in [-0.05, 0) is 24.3 Å². The van der Waals surface area contributed by atoms with Crippen LogP contribution >= 0.6 is 34.7 Å². The van der Waals surface area contributed by atoms with E-state index in [2.05, 4.69) is 18.3 Å². The predicted molar refractivity (Wildman–Crippen MR) is 73.3 cm³/mol. The summed E-state index contributed by atoms with van der Waals surface area (Å²) in [6, 6.07) is 4.05. The molecule has 1 nitrogen and oxygen atoms in total. The van der Waals surface area contributed by atoms with Crippen LogP contribution < -0.4 is 5.32 Å². The van der Waals surface area contributed by atoms with Crippen LogP contribution in [0.1, 0.15) is 24.6 Å². The molecule has 4 heteroatoms. The Morgan fingerprint density at radius 1 is 1.40 bits per heavy atom. The molecule has 0 unspecified atom stereocenters. The second kappa shape index (κ2) is 8.45. The second-order valence-corrected chi connectivity index (χ2v) is 6.37. The highest BCUT2D eigenvalue weighted by Crippen LogP contribution is 2.20. The van der Waals surface area contributed by atoms with Crippen LogP contribution in [0.3, 0.4) is 0 Å². The number of nitrogens with one attached hydrogen (secondary N) is 1. The minimum absolute atomic E-state index is 0.879. The SMILES string of the molecule is CCCCSCCNCc1ccc(Cl)s1. The molecule has 0 aromatic carbocycles. The largest absolute Gasteiger partial charge is 0.311 e. The quantitative estimate of drug-likeness (QED) is 0.711. The van der Waals surface area contributed by atoms with Crippen LogP contribution in [0.2, 0.25) is 4.34 Å². The van der Waals surface area contributed by atoms with Crippen molar-refractivity contribution < 1.29 is 0 Å². The van der Waals surface area contributed by atoms with Gasteiger partial charge in [-0.2, -0.15) is 11.8 Å². The zero-order chi connectivity index (χ0) is 10.9. The van der Waals surface area contributed by atoms with Crippen molar-refractivity contribution in [3.8, 4) is 0 Å². The van der Waals surface area contributed by atoms with Gasteiger partial charge < -0.3 is 5.32 Å². The van der Waals surface area contributed by atoms with Crippen molar-refractivity contribution in [2.24, 2.45) is 0 Å². The zero-order valence-corrected chi connectivity index (χ0v) is 11.5. The van der Waals surface area contributed by atoms with Crippen molar-refractivity contribution in [1.29, 1.82) is 0 Å². The van der Waals surface area contributed by atoms with E-state index in [1.54, 1.807) is 11.3 Å². The molecule has 0 aliphatic rings. The van der Waals surface area contributed by atoms with E-state index in [0.29, 0.717) is 0 Å². The molecule has 1 heterocycles. The number of hydrogen-bond acceptors (Lipinski definition) is 3. The molecule has 0 aliphatic carbocycles. The molecule has 0 spiro atoms. The maximum Gasteiger partial charge on any atom is 0.0931 e. The highest BCUT2D eigenvalue weighted by molar-refractivity contribution is 7.99. The lowest BCUT2D eigenvalue weighted by atomic mass is 10.4. The van der Waals surface area contributed by atoms with E-state index in [-0.39, 0.29) is 0 Å². The summed E-state index contributed by atoms with van der Waals surface area (Å²) in [4.78, 5) is 1.32. The molecule has 0 saturated heterocycles. The number of unbranched alkanes of at least 4 members (excludes halogenated alkanes) is 1. The van der Waals surface area contributed by atoms with Crippen molar-refractivity contribution in [1.82, 2.24) is 5.32 Å². The first-order valence-electron chi connectivity index (χ1n) is 5.35. The van der Waals surface area contributed by atoms with Crippen molar-refractivity contribution in [2.45, 2.75) is 26.3 Å². The summed E-state index contributed by atoms with van der Waals surface area (Å²) < 4.78 is 0.879. The topological polar surface area (TPSA) is 12.0 Å². The van der Waals surface area contributed by atoms with Gasteiger partial charge in [-0.1, -0.05) is 24.9 Å². The van der Waals surface area contributed by atoms with Crippen LogP contribution in [0.15, 0.2) is 12.1 Å². The molecule has 0 fully saturated rings. The molecule has 0 atom stereocenters. The van der Waals surface area contributed by atoms with Crippen LogP contribution in [-0.4, -0.2) is 18.1 Å². The summed E-state index contributed by atoms with van der Waals surface area (Å²) in [5.74, 6) is 2.50. The standard InChI is InChI=1S/C11H18ClNS2/c1-2-3-7-14-8-6-13-9-10-4-5-11(12)15-10/h4-5,13H,2-3,6-9H2,1H3. The van der Waals surface area contributed by atoms with Gasteiger partial charge in [0.2, 0.25) is 0 Å². The molecule has 0 aliphatic heterocycles. The fourth-order valence-electron chi connectivity index (χ4n) is 1.15. The number of thiophene rings is 1. The van der Waals surface area contributed by atoms with Gasteiger partial charge in [0.05, 0.1) is 4.34 Å². The monoisotopic (exact) mass is 263 g/mol. The van der Waals surface area contributed by atoms with Crippen molar-refractivity contribution in [3.63, 3.8) is 0 Å². The van der Waals surface area contributed by atoms with E-state index < -0.39 is 0 Å². The highest BCUT2D eigenvalue weighted by Gasteiger charge is 1.96. The molecule has 0 amide bonds. The second-order valence-electron chi connectivity index (χ2n) is 3.35. The number of thioether (sulfide) groups is 1. The van der Waals surface area contributed by atoms with Crippen LogP contribution in [0.4, 0.5) is 0 Å². The van der Waals surface area contributed by atoms with Gasteiger partial charge in [-0.3, -0.25) is 0 Å². The van der Waals surface area contributed by atoms with Crippen molar-refractivity contribution in [2.75, 3.05) is 18.1 Å². The zero-order valence-electron chi connectivity index (χ0n) is 9.09. The third-order valence-corrected chi connectivity index (χ3v) is 4.29. The van der Waals surface area contributed by atoms with E-state index in [1.807, 2.05) is 17.8 Å². The van der Waals surface area contributed by atoms with Gasteiger partial charge >= 0.3 is 0 Å². The van der Waals surface area contributed by atoms with E-state index in [1.165, 1.54) is 29.2 Å². The fraction of sp³-hybridized carbons (Fsp3) is 0.636. The molecule has 15 heavy (non-hydrogen) atoms. The summed E-state index contributed by atoms with van der Waals surface area (Å²) in [6.45, 7) is 4.27. The first kappa shape index (κ1) is 13.4. The van der Waals surface area contributed by atoms with E-state index in [4.69, 9.17) is 11.6 Å². The number of hydrogen-bond donors (Lipinski definition) is 1. The summed E-state index contributed by atoms with van der Waals surface area (Å²) in [7, 11) is 0. The predicted octanol–water partition coefficient (Wildman–Crippen LogP) is 4.02. The molecule has 0 saturated carbocycles. The van der Waals surface area contributed by atoms with E-state index in [9.17, 15) is 0 Å². The number of halogens is 1. The molecule has 1 rings (SSSR count). The third kappa shape index (κ3) is 6.46. The maximum atomic E-state index is 5.84. The Morgan fingerprint density at radius 2 is 2.27 bits per heavy atom. The first-order valence-corrected chi connectivity index (χ1v) is 7.70. The van der Waals surface area contributed by atoms with Gasteiger partial charge in [-0.25, -0.2) is 0 Å². The Kier molecular flexibility index (Phi) is 7.53. The average molecular weight is 264 g/mol. The highest BCUT2D eigenvalue weighted by atomic mass is 35.5. The van der Waals surface area contributed by atoms with E-state index >= 15 is 0 Å². The van der Waals surface area contributed by atoms with Gasteiger partial charge in [0.1, 0.15) is 0 Å². The molecule has 0 radical (unpaired) electrons. The first-order chi connectivity index (χ1) is 7.33. The minimum Gasteiger partial charge on any atom is -0.311 e. The van der Waals surface area contributed by atoms with Crippen LogP contribution in [0, 0.1) is 0 Å². The van der Waals surface area contributed by atoms with Crippen LogP contribution in [-0.2, 0) is 6.54 Å².